The Balaban J connectivity index is 1.38. The lowest BCUT2D eigenvalue weighted by atomic mass is 9.81. The molecule has 0 N–H and O–H groups in total. The highest BCUT2D eigenvalue weighted by Crippen LogP contribution is 2.41. The molecular formula is C35H47N9. The van der Waals surface area contributed by atoms with Gasteiger partial charge in [0.15, 0.2) is 0 Å². The van der Waals surface area contributed by atoms with E-state index >= 15 is 0 Å². The number of rotatable bonds is 8. The molecular weight excluding hydrogens is 546 g/mol. The molecule has 0 aliphatic heterocycles. The van der Waals surface area contributed by atoms with Gasteiger partial charge in [-0.15, -0.1) is 21.7 Å². The van der Waals surface area contributed by atoms with E-state index < -0.39 is 16.6 Å². The predicted molar refractivity (Wildman–Crippen MR) is 172 cm³/mol. The largest absolute Gasteiger partial charge is 0.240 e. The van der Waals surface area contributed by atoms with Crippen molar-refractivity contribution < 1.29 is 0 Å². The van der Waals surface area contributed by atoms with E-state index in [0.29, 0.717) is 0 Å². The molecule has 4 aromatic rings. The van der Waals surface area contributed by atoms with Crippen LogP contribution in [-0.4, -0.2) is 45.0 Å². The molecule has 2 aliphatic rings. The van der Waals surface area contributed by atoms with Crippen molar-refractivity contribution in [1.29, 1.82) is 0 Å². The van der Waals surface area contributed by atoms with Crippen molar-refractivity contribution in [2.45, 2.75) is 133 Å². The van der Waals surface area contributed by atoms with Gasteiger partial charge in [-0.3, -0.25) is 0 Å². The van der Waals surface area contributed by atoms with Gasteiger partial charge in [-0.05, 0) is 38.5 Å². The second-order valence-electron chi connectivity index (χ2n) is 13.0. The molecule has 2 aliphatic carbocycles. The Hall–Kier alpha value is -3.80. The normalized spacial score (nSPS) is 19.3. The van der Waals surface area contributed by atoms with Crippen LogP contribution in [0.2, 0.25) is 0 Å². The first-order chi connectivity index (χ1) is 21.6. The SMILES string of the molecule is C#CC1(n2cc(C(CC)(CC)n3cc(C4(n5cc(-c6ccccc6)nn5)CCCCCCC4)nn3)nn2)CCCCCCC1. The van der Waals surface area contributed by atoms with Crippen LogP contribution in [0.1, 0.15) is 128 Å². The zero-order chi connectivity index (χ0) is 30.5. The first-order valence-electron chi connectivity index (χ1n) is 16.9. The Kier molecular flexibility index (Phi) is 8.97. The van der Waals surface area contributed by atoms with Gasteiger partial charge in [0.25, 0.3) is 0 Å². The third-order valence-electron chi connectivity index (χ3n) is 10.6. The van der Waals surface area contributed by atoms with Crippen molar-refractivity contribution in [3.8, 4) is 23.6 Å². The molecule has 3 aromatic heterocycles. The number of terminal acetylenes is 1. The maximum absolute atomic E-state index is 6.22. The van der Waals surface area contributed by atoms with Crippen molar-refractivity contribution in [2.75, 3.05) is 0 Å². The van der Waals surface area contributed by atoms with Crippen molar-refractivity contribution in [3.63, 3.8) is 0 Å². The van der Waals surface area contributed by atoms with Crippen LogP contribution in [0.4, 0.5) is 0 Å². The quantitative estimate of drug-likeness (QED) is 0.200. The average molecular weight is 594 g/mol. The van der Waals surface area contributed by atoms with E-state index in [0.717, 1.165) is 86.9 Å². The van der Waals surface area contributed by atoms with E-state index in [9.17, 15) is 0 Å². The molecule has 0 unspecified atom stereocenters. The third kappa shape index (κ3) is 5.48. The molecule has 2 fully saturated rings. The van der Waals surface area contributed by atoms with Crippen molar-refractivity contribution in [2.24, 2.45) is 0 Å². The Morgan fingerprint density at radius 3 is 1.95 bits per heavy atom. The summed E-state index contributed by atoms with van der Waals surface area (Å²) in [7, 11) is 0. The summed E-state index contributed by atoms with van der Waals surface area (Å²) in [4.78, 5) is 0. The molecule has 0 amide bonds. The van der Waals surface area contributed by atoms with Crippen LogP contribution < -0.4 is 0 Å². The number of nitrogens with zero attached hydrogens (tertiary/aromatic N) is 9. The second-order valence-corrected chi connectivity index (χ2v) is 13.0. The van der Waals surface area contributed by atoms with Crippen LogP contribution in [0.3, 0.4) is 0 Å². The van der Waals surface area contributed by atoms with Crippen molar-refractivity contribution >= 4 is 0 Å². The van der Waals surface area contributed by atoms with Crippen LogP contribution in [0.5, 0.6) is 0 Å². The van der Waals surface area contributed by atoms with E-state index in [1.54, 1.807) is 0 Å². The first-order valence-corrected chi connectivity index (χ1v) is 16.9. The second kappa shape index (κ2) is 13.1. The minimum atomic E-state index is -0.485. The van der Waals surface area contributed by atoms with Gasteiger partial charge in [-0.1, -0.05) is 130 Å². The molecule has 44 heavy (non-hydrogen) atoms. The Bertz CT molecular complexity index is 1520. The average Bonchev–Trinajstić information content (AvgIpc) is 3.82. The fraction of sp³-hybridized carbons (Fsp3) is 0.600. The lowest BCUT2D eigenvalue weighted by Crippen LogP contribution is -2.37. The lowest BCUT2D eigenvalue weighted by molar-refractivity contribution is 0.231. The molecule has 1 aromatic carbocycles. The number of hydrogen-bond acceptors (Lipinski definition) is 6. The summed E-state index contributed by atoms with van der Waals surface area (Å²) in [5.41, 5.74) is 2.48. The molecule has 9 heteroatoms. The van der Waals surface area contributed by atoms with Gasteiger partial charge in [-0.25, -0.2) is 14.0 Å². The van der Waals surface area contributed by atoms with Crippen LogP contribution in [0, 0.1) is 12.3 Å². The van der Waals surface area contributed by atoms with Crippen molar-refractivity contribution in [1.82, 2.24) is 45.0 Å². The van der Waals surface area contributed by atoms with Gasteiger partial charge >= 0.3 is 0 Å². The smallest absolute Gasteiger partial charge is 0.124 e. The van der Waals surface area contributed by atoms with E-state index in [-0.39, 0.29) is 0 Å². The van der Waals surface area contributed by atoms with Gasteiger partial charge in [0.05, 0.1) is 18.6 Å². The fourth-order valence-corrected chi connectivity index (χ4v) is 7.66. The Labute approximate surface area is 261 Å². The summed E-state index contributed by atoms with van der Waals surface area (Å²) in [6.45, 7) is 4.40. The third-order valence-corrected chi connectivity index (χ3v) is 10.6. The zero-order valence-corrected chi connectivity index (χ0v) is 26.5. The Morgan fingerprint density at radius 2 is 1.32 bits per heavy atom. The minimum absolute atomic E-state index is 0.407. The molecule has 3 heterocycles. The molecule has 0 bridgehead atoms. The summed E-state index contributed by atoms with van der Waals surface area (Å²) in [5.74, 6) is 3.15. The number of hydrogen-bond donors (Lipinski definition) is 0. The lowest BCUT2D eigenvalue weighted by Gasteiger charge is -2.34. The maximum atomic E-state index is 6.22. The van der Waals surface area contributed by atoms with Gasteiger partial charge in [-0.2, -0.15) is 0 Å². The predicted octanol–water partition coefficient (Wildman–Crippen LogP) is 7.25. The molecule has 2 saturated carbocycles. The molecule has 6 rings (SSSR count). The summed E-state index contributed by atoms with van der Waals surface area (Å²) < 4.78 is 6.12. The van der Waals surface area contributed by atoms with Gasteiger partial charge in [0.2, 0.25) is 0 Å². The van der Waals surface area contributed by atoms with Crippen molar-refractivity contribution in [3.05, 3.63) is 60.3 Å². The zero-order valence-electron chi connectivity index (χ0n) is 26.5. The van der Waals surface area contributed by atoms with Gasteiger partial charge in [0.1, 0.15) is 33.7 Å². The summed E-state index contributed by atoms with van der Waals surface area (Å²) in [6.07, 6.45) is 29.9. The summed E-state index contributed by atoms with van der Waals surface area (Å²) in [5, 5.41) is 28.6. The van der Waals surface area contributed by atoms with Gasteiger partial charge < -0.3 is 0 Å². The van der Waals surface area contributed by atoms with E-state index in [2.05, 4.69) is 60.3 Å². The standard InChI is InChI=1S/C35H47N9/c1-4-33(22-16-9-7-10-17-23-33)42-27-31(37-40-42)34(5-2,6-3)44-28-32(38-41-44)35(24-18-11-8-12-19-25-35)43-26-30(36-39-43)29-20-14-13-15-21-29/h1,13-15,20-21,26-28H,5-12,16-19,22-25H2,2-3H3. The first kappa shape index (κ1) is 30.2. The van der Waals surface area contributed by atoms with Crippen LogP contribution >= 0.6 is 0 Å². The van der Waals surface area contributed by atoms with Crippen LogP contribution in [0.15, 0.2) is 48.9 Å². The molecule has 0 spiro atoms. The van der Waals surface area contributed by atoms with Crippen LogP contribution in [-0.2, 0) is 16.6 Å². The highest BCUT2D eigenvalue weighted by atomic mass is 15.5. The van der Waals surface area contributed by atoms with Gasteiger partial charge in [0, 0.05) is 5.56 Å². The molecule has 0 saturated heterocycles. The summed E-state index contributed by atoms with van der Waals surface area (Å²) >= 11 is 0. The maximum Gasteiger partial charge on any atom is 0.124 e. The van der Waals surface area contributed by atoms with E-state index in [4.69, 9.17) is 32.3 Å². The monoisotopic (exact) mass is 593 g/mol. The fourth-order valence-electron chi connectivity index (χ4n) is 7.66. The van der Waals surface area contributed by atoms with E-state index in [1.807, 2.05) is 27.6 Å². The molecule has 0 atom stereocenters. The number of benzene rings is 1. The van der Waals surface area contributed by atoms with Crippen LogP contribution in [0.25, 0.3) is 11.3 Å². The van der Waals surface area contributed by atoms with E-state index in [1.165, 1.54) is 38.5 Å². The highest BCUT2D eigenvalue weighted by Gasteiger charge is 2.42. The minimum Gasteiger partial charge on any atom is -0.240 e. The number of aromatic nitrogens is 9. The summed E-state index contributed by atoms with van der Waals surface area (Å²) in [6, 6.07) is 10.3. The molecule has 9 nitrogen and oxygen atoms in total. The molecule has 232 valence electrons. The Morgan fingerprint density at radius 1 is 0.705 bits per heavy atom. The topological polar surface area (TPSA) is 92.1 Å². The molecule has 0 radical (unpaired) electrons. The highest BCUT2D eigenvalue weighted by molar-refractivity contribution is 5.57.